The molecule has 0 aliphatic rings. The van der Waals surface area contributed by atoms with Crippen LogP contribution in [-0.4, -0.2) is 35.4 Å². The van der Waals surface area contributed by atoms with Gasteiger partial charge >= 0.3 is 0 Å². The van der Waals surface area contributed by atoms with Gasteiger partial charge in [-0.3, -0.25) is 14.7 Å². The van der Waals surface area contributed by atoms with Crippen LogP contribution in [0.25, 0.3) is 0 Å². The quantitative estimate of drug-likeness (QED) is 0.488. The van der Waals surface area contributed by atoms with Gasteiger partial charge in [-0.1, -0.05) is 19.9 Å². The van der Waals surface area contributed by atoms with E-state index in [9.17, 15) is 4.79 Å². The van der Waals surface area contributed by atoms with E-state index in [1.54, 1.807) is 24.2 Å². The minimum atomic E-state index is -0.0717. The van der Waals surface area contributed by atoms with Gasteiger partial charge < -0.3 is 9.73 Å². The molecule has 29 heavy (non-hydrogen) atoms. The van der Waals surface area contributed by atoms with Gasteiger partial charge in [-0.25, -0.2) is 0 Å². The molecule has 0 aliphatic carbocycles. The van der Waals surface area contributed by atoms with Crippen LogP contribution in [0.5, 0.6) is 0 Å². The van der Waals surface area contributed by atoms with E-state index in [0.717, 1.165) is 29.5 Å². The molecule has 0 radical (unpaired) electrons. The Labute approximate surface area is 176 Å². The van der Waals surface area contributed by atoms with Gasteiger partial charge in [0.2, 0.25) is 0 Å². The van der Waals surface area contributed by atoms with Crippen molar-refractivity contribution in [3.8, 4) is 0 Å². The summed E-state index contributed by atoms with van der Waals surface area (Å²) < 4.78 is 5.60. The molecule has 0 bridgehead atoms. The third-order valence-corrected chi connectivity index (χ3v) is 5.91. The van der Waals surface area contributed by atoms with E-state index >= 15 is 0 Å². The molecule has 6 heteroatoms. The lowest BCUT2D eigenvalue weighted by atomic mass is 10.1. The number of hydrogen-bond acceptors (Lipinski definition) is 5. The number of benzene rings is 1. The number of carbonyl (C=O) groups is 1. The first kappa shape index (κ1) is 21.1. The highest BCUT2D eigenvalue weighted by Crippen LogP contribution is 2.23. The molecular weight excluding hydrogens is 382 g/mol. The van der Waals surface area contributed by atoms with E-state index in [0.29, 0.717) is 12.1 Å². The minimum absolute atomic E-state index is 0.0262. The number of carbonyl (C=O) groups excluding carboxylic acids is 1. The Kier molecular flexibility index (Phi) is 7.90. The minimum Gasteiger partial charge on any atom is -0.468 e. The van der Waals surface area contributed by atoms with E-state index < -0.39 is 0 Å². The molecule has 2 heterocycles. The molecule has 0 saturated carbocycles. The highest BCUT2D eigenvalue weighted by atomic mass is 32.2. The second kappa shape index (κ2) is 10.8. The topological polar surface area (TPSA) is 58.4 Å². The summed E-state index contributed by atoms with van der Waals surface area (Å²) in [5, 5.41) is 3.06. The van der Waals surface area contributed by atoms with E-state index in [1.807, 2.05) is 48.7 Å². The maximum Gasteiger partial charge on any atom is 0.251 e. The number of furan rings is 1. The largest absolute Gasteiger partial charge is 0.468 e. The Balaban J connectivity index is 1.57. The lowest BCUT2D eigenvalue weighted by Crippen LogP contribution is -2.37. The molecule has 1 amide bonds. The number of nitrogens with zero attached hydrogens (tertiary/aromatic N) is 2. The molecule has 1 atom stereocenters. The molecule has 5 nitrogen and oxygen atoms in total. The third-order valence-electron chi connectivity index (χ3n) is 4.83. The molecule has 2 aromatic heterocycles. The summed E-state index contributed by atoms with van der Waals surface area (Å²) in [6.07, 6.45) is 5.33. The molecular formula is C23H27N3O2S. The first-order valence-electron chi connectivity index (χ1n) is 9.88. The highest BCUT2D eigenvalue weighted by Gasteiger charge is 2.21. The summed E-state index contributed by atoms with van der Waals surface area (Å²) in [7, 11) is 0. The fraction of sp³-hybridized carbons (Fsp3) is 0.304. The maximum absolute atomic E-state index is 12.6. The van der Waals surface area contributed by atoms with Crippen molar-refractivity contribution in [2.75, 3.05) is 19.6 Å². The van der Waals surface area contributed by atoms with Crippen LogP contribution in [0, 0.1) is 0 Å². The van der Waals surface area contributed by atoms with Gasteiger partial charge in [-0.05, 0) is 61.1 Å². The zero-order valence-electron chi connectivity index (χ0n) is 16.9. The van der Waals surface area contributed by atoms with Crippen molar-refractivity contribution < 1.29 is 9.21 Å². The summed E-state index contributed by atoms with van der Waals surface area (Å²) in [4.78, 5) is 20.2. The summed E-state index contributed by atoms with van der Waals surface area (Å²) in [5.41, 5.74) is 1.84. The van der Waals surface area contributed by atoms with Gasteiger partial charge in [0.15, 0.2) is 0 Å². The molecule has 0 spiro atoms. The van der Waals surface area contributed by atoms with E-state index in [4.69, 9.17) is 4.42 Å². The summed E-state index contributed by atoms with van der Waals surface area (Å²) in [6, 6.07) is 15.6. The Morgan fingerprint density at radius 2 is 1.93 bits per heavy atom. The van der Waals surface area contributed by atoms with E-state index in [2.05, 4.69) is 35.1 Å². The van der Waals surface area contributed by atoms with Crippen molar-refractivity contribution in [3.05, 3.63) is 84.1 Å². The normalized spacial score (nSPS) is 12.1. The maximum atomic E-state index is 12.6. The fourth-order valence-electron chi connectivity index (χ4n) is 3.20. The number of aromatic nitrogens is 1. The fourth-order valence-corrected chi connectivity index (χ4v) is 4.03. The second-order valence-electron chi connectivity index (χ2n) is 6.64. The second-order valence-corrected chi connectivity index (χ2v) is 7.69. The average molecular weight is 410 g/mol. The zero-order chi connectivity index (χ0) is 20.5. The van der Waals surface area contributed by atoms with Gasteiger partial charge in [0.05, 0.1) is 12.3 Å². The van der Waals surface area contributed by atoms with E-state index in [1.165, 1.54) is 5.56 Å². The molecule has 1 unspecified atom stereocenters. The van der Waals surface area contributed by atoms with Crippen molar-refractivity contribution >= 4 is 17.7 Å². The molecule has 3 aromatic rings. The Morgan fingerprint density at radius 1 is 1.14 bits per heavy atom. The lowest BCUT2D eigenvalue weighted by Gasteiger charge is -2.28. The van der Waals surface area contributed by atoms with Crippen LogP contribution in [0.1, 0.15) is 41.6 Å². The molecule has 0 fully saturated rings. The third kappa shape index (κ3) is 5.95. The van der Waals surface area contributed by atoms with Gasteiger partial charge in [0, 0.05) is 35.2 Å². The van der Waals surface area contributed by atoms with Gasteiger partial charge in [-0.2, -0.15) is 0 Å². The van der Waals surface area contributed by atoms with Crippen LogP contribution in [0.15, 0.2) is 76.5 Å². The summed E-state index contributed by atoms with van der Waals surface area (Å²) in [6.45, 7) is 6.51. The SMILES string of the molecule is CCN(CC)C(CNC(=O)c1ccc(SCc2cccnc2)cc1)c1ccco1. The molecule has 0 aliphatic heterocycles. The van der Waals surface area contributed by atoms with Crippen LogP contribution in [0.4, 0.5) is 0 Å². The predicted molar refractivity (Wildman–Crippen MR) is 117 cm³/mol. The number of amides is 1. The number of rotatable bonds is 10. The molecule has 1 aromatic carbocycles. The summed E-state index contributed by atoms with van der Waals surface area (Å²) >= 11 is 1.73. The zero-order valence-corrected chi connectivity index (χ0v) is 17.7. The molecule has 3 rings (SSSR count). The monoisotopic (exact) mass is 409 g/mol. The Hall–Kier alpha value is -2.57. The van der Waals surface area contributed by atoms with Crippen LogP contribution in [-0.2, 0) is 5.75 Å². The number of nitrogens with one attached hydrogen (secondary N) is 1. The van der Waals surface area contributed by atoms with Gasteiger partial charge in [-0.15, -0.1) is 11.8 Å². The first-order valence-corrected chi connectivity index (χ1v) is 10.9. The highest BCUT2D eigenvalue weighted by molar-refractivity contribution is 7.98. The van der Waals surface area contributed by atoms with Gasteiger partial charge in [0.1, 0.15) is 5.76 Å². The Bertz CT molecular complexity index is 863. The number of thioether (sulfide) groups is 1. The van der Waals surface area contributed by atoms with Crippen molar-refractivity contribution in [1.29, 1.82) is 0 Å². The van der Waals surface area contributed by atoms with Crippen LogP contribution < -0.4 is 5.32 Å². The van der Waals surface area contributed by atoms with Crippen molar-refractivity contribution in [2.45, 2.75) is 30.5 Å². The van der Waals surface area contributed by atoms with E-state index in [-0.39, 0.29) is 11.9 Å². The van der Waals surface area contributed by atoms with Crippen molar-refractivity contribution in [2.24, 2.45) is 0 Å². The summed E-state index contributed by atoms with van der Waals surface area (Å²) in [5.74, 6) is 1.65. The molecule has 1 N–H and O–H groups in total. The molecule has 152 valence electrons. The van der Waals surface area contributed by atoms with Crippen molar-refractivity contribution in [1.82, 2.24) is 15.2 Å². The lowest BCUT2D eigenvalue weighted by molar-refractivity contribution is 0.0929. The number of pyridine rings is 1. The Morgan fingerprint density at radius 3 is 2.55 bits per heavy atom. The van der Waals surface area contributed by atoms with Crippen LogP contribution in [0.2, 0.25) is 0 Å². The van der Waals surface area contributed by atoms with Gasteiger partial charge in [0.25, 0.3) is 5.91 Å². The standard InChI is InChI=1S/C23H27N3O2S/c1-3-26(4-2)21(22-8-6-14-28-22)16-25-23(27)19-9-11-20(12-10-19)29-17-18-7-5-13-24-15-18/h5-15,21H,3-4,16-17H2,1-2H3,(H,25,27). The number of hydrogen-bond donors (Lipinski definition) is 1. The number of likely N-dealkylation sites (N-methyl/N-ethyl adjacent to an activating group) is 1. The van der Waals surface area contributed by atoms with Crippen molar-refractivity contribution in [3.63, 3.8) is 0 Å². The van der Waals surface area contributed by atoms with Crippen LogP contribution >= 0.6 is 11.8 Å². The smallest absolute Gasteiger partial charge is 0.251 e. The first-order chi connectivity index (χ1) is 14.2. The predicted octanol–water partition coefficient (Wildman–Crippen LogP) is 4.78. The average Bonchev–Trinajstić information content (AvgIpc) is 3.30. The van der Waals surface area contributed by atoms with Crippen LogP contribution in [0.3, 0.4) is 0 Å². The molecule has 0 saturated heterocycles.